The summed E-state index contributed by atoms with van der Waals surface area (Å²) in [6.07, 6.45) is 0. The van der Waals surface area contributed by atoms with Crippen molar-refractivity contribution in [3.05, 3.63) is 35.7 Å². The summed E-state index contributed by atoms with van der Waals surface area (Å²) in [5.74, 6) is -0.391. The lowest BCUT2D eigenvalue weighted by molar-refractivity contribution is 0.0685. The standard InChI is InChI=1S/C13H15N3O4/c1-3-20-10-6-4-9(5-7-10)16-11(8-19-2)12(13(17)18)14-15-16/h4-7H,3,8H2,1-2H3,(H,17,18). The minimum atomic E-state index is -1.13. The number of nitrogens with zero attached hydrogens (tertiary/aromatic N) is 3. The molecule has 0 aliphatic carbocycles. The molecule has 1 heterocycles. The van der Waals surface area contributed by atoms with Gasteiger partial charge in [-0.15, -0.1) is 5.10 Å². The first-order chi connectivity index (χ1) is 9.67. The molecule has 0 saturated heterocycles. The second kappa shape index (κ2) is 6.16. The zero-order valence-electron chi connectivity index (χ0n) is 11.2. The molecule has 0 amide bonds. The molecule has 20 heavy (non-hydrogen) atoms. The Balaban J connectivity index is 2.38. The zero-order chi connectivity index (χ0) is 14.5. The van der Waals surface area contributed by atoms with Crippen LogP contribution in [0.4, 0.5) is 0 Å². The van der Waals surface area contributed by atoms with E-state index in [1.54, 1.807) is 24.3 Å². The second-order valence-corrected chi connectivity index (χ2v) is 3.96. The summed E-state index contributed by atoms with van der Waals surface area (Å²) in [6, 6.07) is 7.14. The first-order valence-corrected chi connectivity index (χ1v) is 6.07. The number of benzene rings is 1. The van der Waals surface area contributed by atoms with Gasteiger partial charge in [-0.05, 0) is 31.2 Å². The number of carboxylic acid groups (broad SMARTS) is 1. The van der Waals surface area contributed by atoms with E-state index in [2.05, 4.69) is 10.3 Å². The third-order valence-electron chi connectivity index (χ3n) is 2.64. The molecule has 7 nitrogen and oxygen atoms in total. The summed E-state index contributed by atoms with van der Waals surface area (Å²) in [4.78, 5) is 11.1. The van der Waals surface area contributed by atoms with Crippen LogP contribution in [0.3, 0.4) is 0 Å². The number of hydrogen-bond donors (Lipinski definition) is 1. The zero-order valence-corrected chi connectivity index (χ0v) is 11.2. The molecule has 7 heteroatoms. The number of aromatic nitrogens is 3. The third kappa shape index (κ3) is 2.77. The Kier molecular flexibility index (Phi) is 4.31. The van der Waals surface area contributed by atoms with E-state index < -0.39 is 5.97 Å². The van der Waals surface area contributed by atoms with Crippen LogP contribution in [0.2, 0.25) is 0 Å². The fraction of sp³-hybridized carbons (Fsp3) is 0.308. The number of aromatic carboxylic acids is 1. The van der Waals surface area contributed by atoms with Crippen molar-refractivity contribution in [2.75, 3.05) is 13.7 Å². The normalized spacial score (nSPS) is 10.5. The summed E-state index contributed by atoms with van der Waals surface area (Å²) in [5, 5.41) is 16.6. The predicted molar refractivity (Wildman–Crippen MR) is 70.2 cm³/mol. The van der Waals surface area contributed by atoms with Gasteiger partial charge in [0.05, 0.1) is 18.9 Å². The molecule has 0 aliphatic rings. The van der Waals surface area contributed by atoms with E-state index >= 15 is 0 Å². The predicted octanol–water partition coefficient (Wildman–Crippen LogP) is 1.51. The summed E-state index contributed by atoms with van der Waals surface area (Å²) >= 11 is 0. The van der Waals surface area contributed by atoms with E-state index in [1.807, 2.05) is 6.92 Å². The Morgan fingerprint density at radius 2 is 2.05 bits per heavy atom. The van der Waals surface area contributed by atoms with Gasteiger partial charge in [0.25, 0.3) is 0 Å². The lowest BCUT2D eigenvalue weighted by Crippen LogP contribution is -2.08. The van der Waals surface area contributed by atoms with Crippen LogP contribution < -0.4 is 4.74 Å². The van der Waals surface area contributed by atoms with Crippen LogP contribution in [0.25, 0.3) is 5.69 Å². The molecule has 0 spiro atoms. The minimum absolute atomic E-state index is 0.110. The number of hydrogen-bond acceptors (Lipinski definition) is 5. The molecule has 1 aromatic carbocycles. The first-order valence-electron chi connectivity index (χ1n) is 6.07. The van der Waals surface area contributed by atoms with Crippen molar-refractivity contribution in [1.82, 2.24) is 15.0 Å². The quantitative estimate of drug-likeness (QED) is 0.861. The summed E-state index contributed by atoms with van der Waals surface area (Å²) in [5.41, 5.74) is 0.977. The van der Waals surface area contributed by atoms with Crippen LogP contribution in [0.15, 0.2) is 24.3 Å². The molecule has 0 bridgehead atoms. The maximum absolute atomic E-state index is 11.1. The molecule has 2 aromatic rings. The lowest BCUT2D eigenvalue weighted by atomic mass is 10.2. The molecule has 0 atom stereocenters. The minimum Gasteiger partial charge on any atom is -0.494 e. The monoisotopic (exact) mass is 277 g/mol. The molecular weight excluding hydrogens is 262 g/mol. The van der Waals surface area contributed by atoms with Gasteiger partial charge in [0.2, 0.25) is 0 Å². The Labute approximate surface area is 115 Å². The van der Waals surface area contributed by atoms with Gasteiger partial charge in [-0.3, -0.25) is 0 Å². The Morgan fingerprint density at radius 3 is 2.60 bits per heavy atom. The van der Waals surface area contributed by atoms with Crippen LogP contribution in [0.1, 0.15) is 23.1 Å². The fourth-order valence-electron chi connectivity index (χ4n) is 1.79. The Hall–Kier alpha value is -2.41. The molecule has 1 N–H and O–H groups in total. The van der Waals surface area contributed by atoms with Crippen LogP contribution in [-0.2, 0) is 11.3 Å². The van der Waals surface area contributed by atoms with Crippen molar-refractivity contribution in [2.45, 2.75) is 13.5 Å². The topological polar surface area (TPSA) is 86.5 Å². The van der Waals surface area contributed by atoms with Gasteiger partial charge in [0.15, 0.2) is 5.69 Å². The van der Waals surface area contributed by atoms with Gasteiger partial charge >= 0.3 is 5.97 Å². The Bertz CT molecular complexity index is 592. The SMILES string of the molecule is CCOc1ccc(-n2nnc(C(=O)O)c2COC)cc1. The van der Waals surface area contributed by atoms with Gasteiger partial charge in [0, 0.05) is 7.11 Å². The number of carbonyl (C=O) groups is 1. The highest BCUT2D eigenvalue weighted by Gasteiger charge is 2.19. The van der Waals surface area contributed by atoms with Crippen molar-refractivity contribution in [3.63, 3.8) is 0 Å². The summed E-state index contributed by atoms with van der Waals surface area (Å²) < 4.78 is 11.8. The first kappa shape index (κ1) is 14.0. The van der Waals surface area contributed by atoms with Crippen molar-refractivity contribution in [2.24, 2.45) is 0 Å². The van der Waals surface area contributed by atoms with Gasteiger partial charge in [-0.2, -0.15) is 0 Å². The number of carboxylic acids is 1. The van der Waals surface area contributed by atoms with Gasteiger partial charge in [-0.1, -0.05) is 5.21 Å². The van der Waals surface area contributed by atoms with E-state index in [0.717, 1.165) is 5.75 Å². The summed E-state index contributed by atoms with van der Waals surface area (Å²) in [7, 11) is 1.49. The molecule has 0 aliphatic heterocycles. The van der Waals surface area contributed by atoms with Crippen LogP contribution >= 0.6 is 0 Å². The van der Waals surface area contributed by atoms with Crippen molar-refractivity contribution in [1.29, 1.82) is 0 Å². The maximum Gasteiger partial charge on any atom is 0.358 e. The van der Waals surface area contributed by atoms with Gasteiger partial charge in [0.1, 0.15) is 11.4 Å². The molecule has 0 saturated carbocycles. The number of rotatable bonds is 6. The Morgan fingerprint density at radius 1 is 1.35 bits per heavy atom. The second-order valence-electron chi connectivity index (χ2n) is 3.96. The highest BCUT2D eigenvalue weighted by molar-refractivity contribution is 5.86. The smallest absolute Gasteiger partial charge is 0.358 e. The van der Waals surface area contributed by atoms with Crippen molar-refractivity contribution >= 4 is 5.97 Å². The highest BCUT2D eigenvalue weighted by atomic mass is 16.5. The largest absolute Gasteiger partial charge is 0.494 e. The fourth-order valence-corrected chi connectivity index (χ4v) is 1.79. The van der Waals surface area contributed by atoms with Crippen LogP contribution in [-0.4, -0.2) is 39.8 Å². The van der Waals surface area contributed by atoms with Crippen molar-refractivity contribution in [3.8, 4) is 11.4 Å². The molecular formula is C13H15N3O4. The lowest BCUT2D eigenvalue weighted by Gasteiger charge is -2.07. The van der Waals surface area contributed by atoms with E-state index in [1.165, 1.54) is 11.8 Å². The molecule has 2 rings (SSSR count). The summed E-state index contributed by atoms with van der Waals surface area (Å²) in [6.45, 7) is 2.60. The van der Waals surface area contributed by atoms with Crippen LogP contribution in [0.5, 0.6) is 5.75 Å². The molecule has 1 aromatic heterocycles. The third-order valence-corrected chi connectivity index (χ3v) is 2.64. The molecule has 106 valence electrons. The molecule has 0 radical (unpaired) electrons. The highest BCUT2D eigenvalue weighted by Crippen LogP contribution is 2.18. The van der Waals surface area contributed by atoms with E-state index in [9.17, 15) is 4.79 Å². The van der Waals surface area contributed by atoms with Gasteiger partial charge < -0.3 is 14.6 Å². The van der Waals surface area contributed by atoms with E-state index in [-0.39, 0.29) is 12.3 Å². The average molecular weight is 277 g/mol. The molecule has 0 fully saturated rings. The van der Waals surface area contributed by atoms with Crippen molar-refractivity contribution < 1.29 is 19.4 Å². The average Bonchev–Trinajstić information content (AvgIpc) is 2.84. The van der Waals surface area contributed by atoms with E-state index in [0.29, 0.717) is 18.0 Å². The number of methoxy groups -OCH3 is 1. The van der Waals surface area contributed by atoms with Crippen LogP contribution in [0, 0.1) is 0 Å². The van der Waals surface area contributed by atoms with E-state index in [4.69, 9.17) is 14.6 Å². The maximum atomic E-state index is 11.1. The molecule has 0 unspecified atom stereocenters. The van der Waals surface area contributed by atoms with Gasteiger partial charge in [-0.25, -0.2) is 9.48 Å². The number of ether oxygens (including phenoxy) is 2.